The van der Waals surface area contributed by atoms with Crippen molar-refractivity contribution in [2.45, 2.75) is 11.5 Å². The molecule has 1 amide bonds. The number of amides is 1. The summed E-state index contributed by atoms with van der Waals surface area (Å²) in [7, 11) is 0.465. The lowest BCUT2D eigenvalue weighted by Crippen LogP contribution is -2.16. The summed E-state index contributed by atoms with van der Waals surface area (Å²) < 4.78 is 18.7. The van der Waals surface area contributed by atoms with Crippen molar-refractivity contribution >= 4 is 39.8 Å². The van der Waals surface area contributed by atoms with Gasteiger partial charge in [-0.3, -0.25) is 19.1 Å². The van der Waals surface area contributed by atoms with Crippen molar-refractivity contribution in [3.05, 3.63) is 74.4 Å². The van der Waals surface area contributed by atoms with Gasteiger partial charge in [-0.15, -0.1) is 0 Å². The van der Waals surface area contributed by atoms with E-state index in [1.807, 2.05) is 0 Å². The van der Waals surface area contributed by atoms with Crippen LogP contribution in [-0.2, 0) is 22.3 Å². The van der Waals surface area contributed by atoms with Crippen molar-refractivity contribution in [3.8, 4) is 11.4 Å². The smallest absolute Gasteiger partial charge is 0.288 e. The molecular weight excluding hydrogens is 432 g/mol. The summed E-state index contributed by atoms with van der Waals surface area (Å²) in [6.07, 6.45) is 0. The molecule has 0 bridgehead atoms. The van der Waals surface area contributed by atoms with Crippen LogP contribution in [0.3, 0.4) is 0 Å². The van der Waals surface area contributed by atoms with Crippen LogP contribution in [0, 0.1) is 10.1 Å². The number of hydrogen-bond donors (Lipinski definition) is 1. The molecule has 0 radical (unpaired) electrons. The summed E-state index contributed by atoms with van der Waals surface area (Å²) in [6.45, 7) is 0. The van der Waals surface area contributed by atoms with Crippen LogP contribution >= 0.6 is 11.6 Å². The Kier molecular flexibility index (Phi) is 5.27. The minimum atomic E-state index is -1.09. The van der Waals surface area contributed by atoms with Crippen molar-refractivity contribution in [2.24, 2.45) is 0 Å². The first-order valence-electron chi connectivity index (χ1n) is 8.73. The molecule has 30 heavy (non-hydrogen) atoms. The molecule has 1 aromatic heterocycles. The van der Waals surface area contributed by atoms with Crippen LogP contribution in [0.4, 0.5) is 11.5 Å². The van der Waals surface area contributed by atoms with Crippen molar-refractivity contribution in [1.29, 1.82) is 0 Å². The molecule has 4 rings (SSSR count). The molecule has 0 unspecified atom stereocenters. The van der Waals surface area contributed by atoms with Gasteiger partial charge in [0.1, 0.15) is 16.6 Å². The molecule has 1 N–H and O–H groups in total. The van der Waals surface area contributed by atoms with Gasteiger partial charge >= 0.3 is 0 Å². The maximum absolute atomic E-state index is 12.8. The van der Waals surface area contributed by atoms with Gasteiger partial charge in [-0.05, 0) is 36.4 Å². The average molecular weight is 447 g/mol. The number of carbonyl (C=O) groups is 1. The Bertz CT molecular complexity index is 1190. The summed E-state index contributed by atoms with van der Waals surface area (Å²) in [5.41, 5.74) is 1.71. The minimum Gasteiger partial charge on any atom is -0.497 e. The standard InChI is InChI=1S/C19H15ClN4O5S/c1-29-13-5-3-12(4-6-13)23-18(14-9-30(28)10-16(14)22-23)21-19(25)11-2-7-15(20)17(8-11)24(26)27/h2-8H,9-10H2,1H3,(H,21,25)/t30-/m0/s1. The number of halogens is 1. The summed E-state index contributed by atoms with van der Waals surface area (Å²) >= 11 is 5.83. The largest absolute Gasteiger partial charge is 0.497 e. The molecule has 2 aromatic carbocycles. The monoisotopic (exact) mass is 446 g/mol. The van der Waals surface area contributed by atoms with Gasteiger partial charge < -0.3 is 10.1 Å². The van der Waals surface area contributed by atoms with E-state index in [2.05, 4.69) is 10.4 Å². The van der Waals surface area contributed by atoms with Crippen molar-refractivity contribution < 1.29 is 18.7 Å². The average Bonchev–Trinajstić information content (AvgIpc) is 3.25. The zero-order valence-corrected chi connectivity index (χ0v) is 17.2. The second kappa shape index (κ2) is 7.88. The van der Waals surface area contributed by atoms with E-state index in [0.29, 0.717) is 34.3 Å². The molecule has 1 aliphatic heterocycles. The second-order valence-corrected chi connectivity index (χ2v) is 8.35. The molecule has 2 heterocycles. The van der Waals surface area contributed by atoms with Crippen LogP contribution in [0.15, 0.2) is 42.5 Å². The molecule has 0 fully saturated rings. The van der Waals surface area contributed by atoms with Crippen LogP contribution in [0.2, 0.25) is 5.02 Å². The molecular formula is C19H15ClN4O5S. The van der Waals surface area contributed by atoms with E-state index in [0.717, 1.165) is 6.07 Å². The second-order valence-electron chi connectivity index (χ2n) is 6.49. The first-order chi connectivity index (χ1) is 14.4. The number of rotatable bonds is 5. The predicted molar refractivity (Wildman–Crippen MR) is 112 cm³/mol. The predicted octanol–water partition coefficient (Wildman–Crippen LogP) is 3.46. The van der Waals surface area contributed by atoms with E-state index in [1.165, 1.54) is 12.1 Å². The van der Waals surface area contributed by atoms with E-state index >= 15 is 0 Å². The highest BCUT2D eigenvalue weighted by atomic mass is 35.5. The van der Waals surface area contributed by atoms with E-state index in [-0.39, 0.29) is 22.0 Å². The number of hydrogen-bond acceptors (Lipinski definition) is 6. The number of nitrogens with one attached hydrogen (secondary N) is 1. The number of fused-ring (bicyclic) bond motifs is 1. The van der Waals surface area contributed by atoms with Crippen molar-refractivity contribution in [3.63, 3.8) is 0 Å². The number of nitro benzene ring substituents is 1. The fraction of sp³-hybridized carbons (Fsp3) is 0.158. The maximum atomic E-state index is 12.8. The van der Waals surface area contributed by atoms with Crippen molar-refractivity contribution in [1.82, 2.24) is 9.78 Å². The molecule has 0 spiro atoms. The molecule has 11 heteroatoms. The first kappa shape index (κ1) is 20.0. The topological polar surface area (TPSA) is 116 Å². The van der Waals surface area contributed by atoms with Crippen LogP contribution in [0.25, 0.3) is 5.69 Å². The summed E-state index contributed by atoms with van der Waals surface area (Å²) in [5, 5.41) is 18.3. The third-order valence-corrected chi connectivity index (χ3v) is 6.15. The third kappa shape index (κ3) is 3.66. The van der Waals surface area contributed by atoms with Gasteiger partial charge in [0, 0.05) is 28.0 Å². The molecule has 9 nitrogen and oxygen atoms in total. The quantitative estimate of drug-likeness (QED) is 0.474. The highest BCUT2D eigenvalue weighted by molar-refractivity contribution is 7.83. The molecule has 0 aliphatic carbocycles. The zero-order valence-electron chi connectivity index (χ0n) is 15.6. The number of anilines is 1. The van der Waals surface area contributed by atoms with E-state index in [1.54, 1.807) is 36.1 Å². The lowest BCUT2D eigenvalue weighted by atomic mass is 10.2. The Morgan fingerprint density at radius 3 is 2.67 bits per heavy atom. The van der Waals surface area contributed by atoms with Gasteiger partial charge in [0.25, 0.3) is 11.6 Å². The van der Waals surface area contributed by atoms with Gasteiger partial charge in [0.15, 0.2) is 0 Å². The SMILES string of the molecule is COc1ccc(-n2nc3c(c2NC(=O)c2ccc(Cl)c([N+](=O)[O-])c2)C[S@](=O)C3)cc1. The van der Waals surface area contributed by atoms with Crippen molar-refractivity contribution in [2.75, 3.05) is 12.4 Å². The molecule has 0 saturated heterocycles. The Hall–Kier alpha value is -3.24. The van der Waals surface area contributed by atoms with Crippen LogP contribution in [0.5, 0.6) is 5.75 Å². The molecule has 1 atom stereocenters. The third-order valence-electron chi connectivity index (χ3n) is 4.62. The normalized spacial score (nSPS) is 14.9. The Morgan fingerprint density at radius 1 is 1.27 bits per heavy atom. The number of benzene rings is 2. The van der Waals surface area contributed by atoms with Crippen LogP contribution < -0.4 is 10.1 Å². The van der Waals surface area contributed by atoms with E-state index < -0.39 is 21.6 Å². The summed E-state index contributed by atoms with van der Waals surface area (Å²) in [6, 6.07) is 10.9. The number of nitrogens with zero attached hydrogens (tertiary/aromatic N) is 3. The Labute approximate surface area is 178 Å². The van der Waals surface area contributed by atoms with Gasteiger partial charge in [0.2, 0.25) is 0 Å². The Balaban J connectivity index is 1.73. The first-order valence-corrected chi connectivity index (χ1v) is 10.6. The van der Waals surface area contributed by atoms with Gasteiger partial charge in [-0.2, -0.15) is 5.10 Å². The number of methoxy groups -OCH3 is 1. The Morgan fingerprint density at radius 2 is 2.00 bits per heavy atom. The number of nitro groups is 1. The maximum Gasteiger partial charge on any atom is 0.288 e. The number of aromatic nitrogens is 2. The molecule has 154 valence electrons. The fourth-order valence-corrected chi connectivity index (χ4v) is 4.59. The lowest BCUT2D eigenvalue weighted by molar-refractivity contribution is -0.384. The van der Waals surface area contributed by atoms with Gasteiger partial charge in [-0.1, -0.05) is 11.6 Å². The number of ether oxygens (including phenoxy) is 1. The fourth-order valence-electron chi connectivity index (χ4n) is 3.14. The minimum absolute atomic E-state index is 0.0592. The molecule has 3 aromatic rings. The highest BCUT2D eigenvalue weighted by Gasteiger charge is 2.29. The molecule has 1 aliphatic rings. The summed E-state index contributed by atoms with van der Waals surface area (Å²) in [5.74, 6) is 1.04. The van der Waals surface area contributed by atoms with E-state index in [9.17, 15) is 19.1 Å². The zero-order chi connectivity index (χ0) is 21.4. The summed E-state index contributed by atoms with van der Waals surface area (Å²) in [4.78, 5) is 23.3. The number of carbonyl (C=O) groups excluding carboxylic acids is 1. The van der Waals surface area contributed by atoms with Crippen LogP contribution in [0.1, 0.15) is 21.6 Å². The lowest BCUT2D eigenvalue weighted by Gasteiger charge is -2.12. The van der Waals surface area contributed by atoms with Crippen LogP contribution in [-0.4, -0.2) is 31.9 Å². The van der Waals surface area contributed by atoms with E-state index in [4.69, 9.17) is 16.3 Å². The van der Waals surface area contributed by atoms with Gasteiger partial charge in [0.05, 0.1) is 34.9 Å². The molecule has 0 saturated carbocycles. The highest BCUT2D eigenvalue weighted by Crippen LogP contribution is 2.32. The van der Waals surface area contributed by atoms with Gasteiger partial charge in [-0.25, -0.2) is 4.68 Å².